The molecule has 5 rings (SSSR count). The number of aromatic carboxylic acids is 1. The van der Waals surface area contributed by atoms with Gasteiger partial charge in [-0.1, -0.05) is 48.5 Å². The number of imide groups is 1. The maximum Gasteiger partial charge on any atom is 0.336 e. The summed E-state index contributed by atoms with van der Waals surface area (Å²) in [5.41, 5.74) is 1.37. The molecule has 1 N–H and O–H groups in total. The van der Waals surface area contributed by atoms with Crippen molar-refractivity contribution in [2.75, 3.05) is 17.1 Å². The van der Waals surface area contributed by atoms with Gasteiger partial charge in [0.05, 0.1) is 30.1 Å². The number of nitrogens with zero attached hydrogens (tertiary/aromatic N) is 2. The van der Waals surface area contributed by atoms with Crippen molar-refractivity contribution in [2.24, 2.45) is 5.92 Å². The van der Waals surface area contributed by atoms with Crippen molar-refractivity contribution in [3.05, 3.63) is 90.0 Å². The summed E-state index contributed by atoms with van der Waals surface area (Å²) in [6, 6.07) is 21.4. The highest BCUT2D eigenvalue weighted by molar-refractivity contribution is 6.24. The first kappa shape index (κ1) is 20.7. The maximum absolute atomic E-state index is 13.7. The molecule has 0 unspecified atom stereocenters. The number of carbonyl (C=O) groups is 3. The number of hydroxylamine groups is 1. The lowest BCUT2D eigenvalue weighted by atomic mass is 9.88. The summed E-state index contributed by atoms with van der Waals surface area (Å²) in [5, 5.41) is 11.3. The van der Waals surface area contributed by atoms with E-state index in [0.717, 1.165) is 4.90 Å². The van der Waals surface area contributed by atoms with E-state index in [1.165, 1.54) is 18.2 Å². The minimum atomic E-state index is -1.12. The van der Waals surface area contributed by atoms with Crippen LogP contribution in [0.2, 0.25) is 0 Å². The lowest BCUT2D eigenvalue weighted by molar-refractivity contribution is -0.126. The fourth-order valence-corrected chi connectivity index (χ4v) is 4.53. The number of carboxylic acid groups (broad SMARTS) is 1. The summed E-state index contributed by atoms with van der Waals surface area (Å²) in [5.74, 6) is -2.69. The Bertz CT molecular complexity index is 1240. The molecule has 3 aromatic rings. The van der Waals surface area contributed by atoms with Crippen LogP contribution >= 0.6 is 0 Å². The van der Waals surface area contributed by atoms with Gasteiger partial charge in [0.2, 0.25) is 5.91 Å². The fourth-order valence-electron chi connectivity index (χ4n) is 4.53. The third-order valence-corrected chi connectivity index (χ3v) is 5.96. The summed E-state index contributed by atoms with van der Waals surface area (Å²) < 4.78 is 5.35. The van der Waals surface area contributed by atoms with E-state index in [0.29, 0.717) is 22.7 Å². The van der Waals surface area contributed by atoms with Crippen molar-refractivity contribution in [2.45, 2.75) is 12.1 Å². The van der Waals surface area contributed by atoms with Gasteiger partial charge in [-0.3, -0.25) is 14.4 Å². The van der Waals surface area contributed by atoms with E-state index in [1.54, 1.807) is 66.7 Å². The molecule has 0 saturated carbocycles. The fraction of sp³-hybridized carbons (Fsp3) is 0.160. The average Bonchev–Trinajstić information content (AvgIpc) is 3.35. The van der Waals surface area contributed by atoms with Crippen LogP contribution in [0.3, 0.4) is 0 Å². The molecule has 0 aliphatic carbocycles. The molecule has 3 aromatic carbocycles. The lowest BCUT2D eigenvalue weighted by Crippen LogP contribution is -2.37. The molecule has 0 spiro atoms. The van der Waals surface area contributed by atoms with Crippen LogP contribution in [0.25, 0.3) is 0 Å². The number of carboxylic acids is 1. The molecule has 2 amide bonds. The van der Waals surface area contributed by atoms with Crippen LogP contribution in [0.1, 0.15) is 22.0 Å². The van der Waals surface area contributed by atoms with Gasteiger partial charge in [0.1, 0.15) is 11.7 Å². The van der Waals surface area contributed by atoms with Crippen LogP contribution in [0.15, 0.2) is 78.9 Å². The largest absolute Gasteiger partial charge is 0.495 e. The molecule has 2 aliphatic heterocycles. The third-order valence-electron chi connectivity index (χ3n) is 5.96. The minimum Gasteiger partial charge on any atom is -0.495 e. The summed E-state index contributed by atoms with van der Waals surface area (Å²) >= 11 is 0. The Balaban J connectivity index is 1.65. The second-order valence-electron chi connectivity index (χ2n) is 7.73. The van der Waals surface area contributed by atoms with E-state index < -0.39 is 35.8 Å². The number of rotatable bonds is 5. The van der Waals surface area contributed by atoms with Crippen molar-refractivity contribution >= 4 is 29.2 Å². The van der Waals surface area contributed by atoms with Crippen LogP contribution in [-0.4, -0.2) is 36.1 Å². The Morgan fingerprint density at radius 1 is 0.909 bits per heavy atom. The van der Waals surface area contributed by atoms with Gasteiger partial charge in [-0.05, 0) is 35.9 Å². The van der Waals surface area contributed by atoms with Crippen molar-refractivity contribution in [1.82, 2.24) is 0 Å². The Kier molecular flexibility index (Phi) is 5.07. The maximum atomic E-state index is 13.7. The number of anilines is 2. The topological polar surface area (TPSA) is 96.4 Å². The molecule has 3 atom stereocenters. The Labute approximate surface area is 189 Å². The first-order valence-electron chi connectivity index (χ1n) is 10.4. The molecule has 2 fully saturated rings. The van der Waals surface area contributed by atoms with Gasteiger partial charge >= 0.3 is 5.97 Å². The van der Waals surface area contributed by atoms with Gasteiger partial charge < -0.3 is 9.84 Å². The normalized spacial score (nSPS) is 21.9. The van der Waals surface area contributed by atoms with Crippen LogP contribution < -0.4 is 14.7 Å². The Morgan fingerprint density at radius 2 is 1.58 bits per heavy atom. The van der Waals surface area contributed by atoms with Crippen molar-refractivity contribution < 1.29 is 29.1 Å². The molecular weight excluding hydrogens is 424 g/mol. The average molecular weight is 444 g/mol. The van der Waals surface area contributed by atoms with Crippen molar-refractivity contribution in [3.63, 3.8) is 0 Å². The SMILES string of the molecule is COc1ccccc1N1C(=O)[C@H]2[C@@H](ON(c3ccccc3)[C@H]2c2ccccc2C(=O)O)C1=O. The highest BCUT2D eigenvalue weighted by atomic mass is 16.7. The predicted octanol–water partition coefficient (Wildman–Crippen LogP) is 3.44. The number of carbonyl (C=O) groups excluding carboxylic acids is 2. The molecule has 8 nitrogen and oxygen atoms in total. The van der Waals surface area contributed by atoms with Gasteiger partial charge in [0.25, 0.3) is 5.91 Å². The van der Waals surface area contributed by atoms with Crippen LogP contribution in [-0.2, 0) is 14.4 Å². The van der Waals surface area contributed by atoms with Crippen molar-refractivity contribution in [3.8, 4) is 5.75 Å². The molecule has 33 heavy (non-hydrogen) atoms. The van der Waals surface area contributed by atoms with Crippen LogP contribution in [0.4, 0.5) is 11.4 Å². The number of hydrogen-bond acceptors (Lipinski definition) is 6. The zero-order valence-electron chi connectivity index (χ0n) is 17.6. The smallest absolute Gasteiger partial charge is 0.336 e. The number of para-hydroxylation sites is 3. The van der Waals surface area contributed by atoms with Gasteiger partial charge in [0, 0.05) is 0 Å². The first-order chi connectivity index (χ1) is 16.0. The standard InChI is InChI=1S/C25H20N2O6/c1-32-19-14-8-7-13-18(19)26-23(28)20-21(16-11-5-6-12-17(16)25(30)31)27(33-22(20)24(26)29)15-9-3-2-4-10-15/h2-14,20-22H,1H3,(H,30,31)/t20-,21+,22-/m1/s1. The molecule has 8 heteroatoms. The van der Waals surface area contributed by atoms with E-state index in [4.69, 9.17) is 9.57 Å². The van der Waals surface area contributed by atoms with Crippen molar-refractivity contribution in [1.29, 1.82) is 0 Å². The van der Waals surface area contributed by atoms with E-state index in [2.05, 4.69) is 0 Å². The molecule has 0 radical (unpaired) electrons. The highest BCUT2D eigenvalue weighted by Gasteiger charge is 2.61. The predicted molar refractivity (Wildman–Crippen MR) is 119 cm³/mol. The number of ether oxygens (including phenoxy) is 1. The van der Waals surface area contributed by atoms with E-state index >= 15 is 0 Å². The monoisotopic (exact) mass is 444 g/mol. The lowest BCUT2D eigenvalue weighted by Gasteiger charge is -2.29. The molecule has 0 aromatic heterocycles. The van der Waals surface area contributed by atoms with Gasteiger partial charge in [-0.2, -0.15) is 0 Å². The summed E-state index contributed by atoms with van der Waals surface area (Å²) in [4.78, 5) is 46.3. The summed E-state index contributed by atoms with van der Waals surface area (Å²) in [6.45, 7) is 0. The second-order valence-corrected chi connectivity index (χ2v) is 7.73. The van der Waals surface area contributed by atoms with Crippen LogP contribution in [0, 0.1) is 5.92 Å². The number of hydrogen-bond donors (Lipinski definition) is 1. The number of benzene rings is 3. The van der Waals surface area contributed by atoms with Gasteiger partial charge in [-0.25, -0.2) is 14.8 Å². The summed E-state index contributed by atoms with van der Waals surface area (Å²) in [6.07, 6.45) is -1.10. The zero-order valence-corrected chi connectivity index (χ0v) is 17.6. The van der Waals surface area contributed by atoms with Crippen LogP contribution in [0.5, 0.6) is 5.75 Å². The van der Waals surface area contributed by atoms with E-state index in [1.807, 2.05) is 6.07 Å². The Morgan fingerprint density at radius 3 is 2.30 bits per heavy atom. The van der Waals surface area contributed by atoms with Gasteiger partial charge in [-0.15, -0.1) is 0 Å². The molecule has 2 heterocycles. The quantitative estimate of drug-likeness (QED) is 0.602. The molecule has 2 aliphatic rings. The molecular formula is C25H20N2O6. The van der Waals surface area contributed by atoms with E-state index in [-0.39, 0.29) is 5.56 Å². The zero-order chi connectivity index (χ0) is 23.1. The van der Waals surface area contributed by atoms with E-state index in [9.17, 15) is 19.5 Å². The Hall–Kier alpha value is -4.17. The first-order valence-corrected chi connectivity index (χ1v) is 10.4. The number of amides is 2. The third kappa shape index (κ3) is 3.23. The molecule has 0 bridgehead atoms. The second kappa shape index (κ2) is 8.07. The highest BCUT2D eigenvalue weighted by Crippen LogP contribution is 2.49. The molecule has 166 valence electrons. The number of methoxy groups -OCH3 is 1. The summed E-state index contributed by atoms with van der Waals surface area (Å²) in [7, 11) is 1.46. The molecule has 2 saturated heterocycles. The van der Waals surface area contributed by atoms with Gasteiger partial charge in [0.15, 0.2) is 6.10 Å². The minimum absolute atomic E-state index is 0.0451. The number of fused-ring (bicyclic) bond motifs is 1.